The summed E-state index contributed by atoms with van der Waals surface area (Å²) in [6.45, 7) is 5.82. The lowest BCUT2D eigenvalue weighted by atomic mass is 10.1. The van der Waals surface area contributed by atoms with Crippen molar-refractivity contribution >= 4 is 38.1 Å². The van der Waals surface area contributed by atoms with Crippen LogP contribution in [0, 0.1) is 6.92 Å². The van der Waals surface area contributed by atoms with Crippen molar-refractivity contribution < 1.29 is 26.1 Å². The minimum absolute atomic E-state index is 0.138. The van der Waals surface area contributed by atoms with Gasteiger partial charge < -0.3 is 9.84 Å². The minimum atomic E-state index is -4.52. The predicted octanol–water partition coefficient (Wildman–Crippen LogP) is 3.88. The molecule has 1 atom stereocenters. The molecule has 0 spiro atoms. The Balaban J connectivity index is 1.21. The second kappa shape index (κ2) is 10.2. The lowest BCUT2D eigenvalue weighted by Gasteiger charge is -2.35. The van der Waals surface area contributed by atoms with E-state index < -0.39 is 21.8 Å². The van der Waals surface area contributed by atoms with Gasteiger partial charge in [-0.2, -0.15) is 17.5 Å². The molecule has 15 heteroatoms. The van der Waals surface area contributed by atoms with Crippen LogP contribution in [0.25, 0.3) is 21.7 Å². The van der Waals surface area contributed by atoms with E-state index >= 15 is 0 Å². The standard InChI is InChI=1S/C23H24F3N7O3S2/c1-14-10-18(36-31-14)22-27-11-19(37-22)38(34,35)33-8-6-32(7-9-33)12-15(2)30-21-16-4-3-5-17(23(24,25)26)20(16)28-13-29-21/h3-5,10-11,13,15H,6-9,12H2,1-2H3,(H,28,29,30). The molecule has 1 fully saturated rings. The van der Waals surface area contributed by atoms with E-state index in [1.807, 2.05) is 6.92 Å². The van der Waals surface area contributed by atoms with Gasteiger partial charge in [0.25, 0.3) is 10.0 Å². The number of hydrogen-bond donors (Lipinski definition) is 1. The highest BCUT2D eigenvalue weighted by Gasteiger charge is 2.34. The molecule has 1 unspecified atom stereocenters. The van der Waals surface area contributed by atoms with Gasteiger partial charge in [0, 0.05) is 50.2 Å². The maximum atomic E-state index is 13.4. The van der Waals surface area contributed by atoms with Crippen LogP contribution in [-0.4, -0.2) is 76.5 Å². The van der Waals surface area contributed by atoms with Crippen molar-refractivity contribution in [3.8, 4) is 10.8 Å². The summed E-state index contributed by atoms with van der Waals surface area (Å²) in [6.07, 6.45) is -2.07. The van der Waals surface area contributed by atoms with Crippen LogP contribution in [-0.2, 0) is 16.2 Å². The highest BCUT2D eigenvalue weighted by Crippen LogP contribution is 2.35. The molecule has 3 aromatic heterocycles. The first-order chi connectivity index (χ1) is 18.0. The van der Waals surface area contributed by atoms with Crippen LogP contribution in [0.3, 0.4) is 0 Å². The SMILES string of the molecule is Cc1cc(-c2ncc(S(=O)(=O)N3CCN(CC(C)Nc4ncnc5c(C(F)(F)F)cccc45)CC3)s2)on1. The van der Waals surface area contributed by atoms with Crippen LogP contribution >= 0.6 is 11.3 Å². The number of thiazole rings is 1. The molecule has 0 bridgehead atoms. The quantitative estimate of drug-likeness (QED) is 0.355. The van der Waals surface area contributed by atoms with Gasteiger partial charge >= 0.3 is 6.18 Å². The average molecular weight is 568 g/mol. The van der Waals surface area contributed by atoms with Crippen molar-refractivity contribution in [2.24, 2.45) is 0 Å². The summed E-state index contributed by atoms with van der Waals surface area (Å²) in [7, 11) is -3.71. The van der Waals surface area contributed by atoms with Gasteiger partial charge in [-0.25, -0.2) is 23.4 Å². The number of hydrogen-bond acceptors (Lipinski definition) is 10. The Morgan fingerprint density at radius 1 is 1.16 bits per heavy atom. The van der Waals surface area contributed by atoms with E-state index in [0.717, 1.165) is 23.7 Å². The lowest BCUT2D eigenvalue weighted by Crippen LogP contribution is -2.50. The van der Waals surface area contributed by atoms with E-state index in [2.05, 4.69) is 30.3 Å². The van der Waals surface area contributed by atoms with E-state index in [1.54, 1.807) is 19.1 Å². The third-order valence-corrected chi connectivity index (χ3v) is 9.48. The van der Waals surface area contributed by atoms with Gasteiger partial charge in [0.2, 0.25) is 0 Å². The molecule has 0 saturated carbocycles. The first-order valence-corrected chi connectivity index (χ1v) is 14.0. The van der Waals surface area contributed by atoms with E-state index in [9.17, 15) is 21.6 Å². The highest BCUT2D eigenvalue weighted by atomic mass is 32.2. The number of alkyl halides is 3. The van der Waals surface area contributed by atoms with E-state index in [1.165, 1.54) is 16.6 Å². The summed E-state index contributed by atoms with van der Waals surface area (Å²) in [5.74, 6) is 0.740. The Bertz CT molecular complexity index is 1550. The van der Waals surface area contributed by atoms with Crippen LogP contribution in [0.15, 0.2) is 45.5 Å². The summed E-state index contributed by atoms with van der Waals surface area (Å²) in [5, 5.41) is 7.73. The molecule has 202 valence electrons. The number of sulfonamides is 1. The van der Waals surface area contributed by atoms with Crippen LogP contribution < -0.4 is 5.32 Å². The predicted molar refractivity (Wildman–Crippen MR) is 135 cm³/mol. The number of halogens is 3. The number of aromatic nitrogens is 4. The summed E-state index contributed by atoms with van der Waals surface area (Å²) in [6, 6.07) is 5.42. The number of rotatable bonds is 7. The Morgan fingerprint density at radius 3 is 2.61 bits per heavy atom. The molecule has 1 aliphatic heterocycles. The number of aryl methyl sites for hydroxylation is 1. The molecule has 1 aromatic carbocycles. The number of para-hydroxylation sites is 1. The van der Waals surface area contributed by atoms with E-state index in [-0.39, 0.29) is 21.2 Å². The van der Waals surface area contributed by atoms with Crippen LogP contribution in [0.2, 0.25) is 0 Å². The fraction of sp³-hybridized carbons (Fsp3) is 0.391. The third kappa shape index (κ3) is 5.36. The molecule has 5 rings (SSSR count). The zero-order chi connectivity index (χ0) is 27.1. The van der Waals surface area contributed by atoms with Gasteiger partial charge in [-0.1, -0.05) is 22.6 Å². The Labute approximate surface area is 220 Å². The van der Waals surface area contributed by atoms with Gasteiger partial charge in [-0.05, 0) is 26.0 Å². The van der Waals surface area contributed by atoms with E-state index in [0.29, 0.717) is 55.0 Å². The first kappa shape index (κ1) is 26.5. The third-order valence-electron chi connectivity index (χ3n) is 6.13. The van der Waals surface area contributed by atoms with Gasteiger partial charge in [-0.3, -0.25) is 4.90 Å². The van der Waals surface area contributed by atoms with E-state index in [4.69, 9.17) is 4.52 Å². The molecular weight excluding hydrogens is 543 g/mol. The zero-order valence-electron chi connectivity index (χ0n) is 20.4. The van der Waals surface area contributed by atoms with Crippen molar-refractivity contribution in [2.45, 2.75) is 30.3 Å². The normalized spacial score (nSPS) is 16.7. The molecule has 10 nitrogen and oxygen atoms in total. The number of fused-ring (bicyclic) bond motifs is 1. The van der Waals surface area contributed by atoms with Crippen LogP contribution in [0.5, 0.6) is 0 Å². The number of anilines is 1. The molecule has 38 heavy (non-hydrogen) atoms. The molecule has 1 N–H and O–H groups in total. The van der Waals surface area contributed by atoms with Crippen LogP contribution in [0.1, 0.15) is 18.2 Å². The smallest absolute Gasteiger partial charge is 0.366 e. The molecule has 0 amide bonds. The second-order valence-electron chi connectivity index (χ2n) is 8.99. The molecule has 1 aliphatic rings. The van der Waals surface area contributed by atoms with Gasteiger partial charge in [0.05, 0.1) is 23.0 Å². The van der Waals surface area contributed by atoms with Crippen molar-refractivity contribution in [3.63, 3.8) is 0 Å². The average Bonchev–Trinajstić information content (AvgIpc) is 3.53. The fourth-order valence-corrected chi connectivity index (χ4v) is 6.99. The molecular formula is C23H24F3N7O3S2. The zero-order valence-corrected chi connectivity index (χ0v) is 22.1. The summed E-state index contributed by atoms with van der Waals surface area (Å²) < 4.78 is 73.2. The van der Waals surface area contributed by atoms with Crippen molar-refractivity contribution in [2.75, 3.05) is 38.0 Å². The minimum Gasteiger partial charge on any atom is -0.366 e. The Hall–Kier alpha value is -3.14. The first-order valence-electron chi connectivity index (χ1n) is 11.7. The van der Waals surface area contributed by atoms with Gasteiger partial charge in [0.1, 0.15) is 12.1 Å². The highest BCUT2D eigenvalue weighted by molar-refractivity contribution is 7.91. The van der Waals surface area contributed by atoms with Crippen molar-refractivity contribution in [1.82, 2.24) is 29.3 Å². The number of benzene rings is 1. The summed E-state index contributed by atoms with van der Waals surface area (Å²) in [5.41, 5.74) is -0.291. The fourth-order valence-electron chi connectivity index (χ4n) is 4.33. The summed E-state index contributed by atoms with van der Waals surface area (Å²) >= 11 is 1.04. The summed E-state index contributed by atoms with van der Waals surface area (Å²) in [4.78, 5) is 14.3. The number of nitrogens with zero attached hydrogens (tertiary/aromatic N) is 6. The molecule has 4 heterocycles. The topological polar surface area (TPSA) is 117 Å². The van der Waals surface area contributed by atoms with Crippen LogP contribution in [0.4, 0.5) is 19.0 Å². The molecule has 1 saturated heterocycles. The Morgan fingerprint density at radius 2 is 1.92 bits per heavy atom. The monoisotopic (exact) mass is 567 g/mol. The largest absolute Gasteiger partial charge is 0.418 e. The van der Waals surface area contributed by atoms with Crippen molar-refractivity contribution in [1.29, 1.82) is 0 Å². The Kier molecular flexibility index (Phi) is 7.11. The molecule has 0 radical (unpaired) electrons. The molecule has 0 aliphatic carbocycles. The number of nitrogens with one attached hydrogen (secondary N) is 1. The maximum Gasteiger partial charge on any atom is 0.418 e. The van der Waals surface area contributed by atoms with Gasteiger partial charge in [-0.15, -0.1) is 0 Å². The molecule has 4 aromatic rings. The van der Waals surface area contributed by atoms with Gasteiger partial charge in [0.15, 0.2) is 15.0 Å². The maximum absolute atomic E-state index is 13.4. The lowest BCUT2D eigenvalue weighted by molar-refractivity contribution is -0.136. The number of piperazine rings is 1. The second-order valence-corrected chi connectivity index (χ2v) is 12.2. The van der Waals surface area contributed by atoms with Crippen molar-refractivity contribution in [3.05, 3.63) is 48.0 Å².